The van der Waals surface area contributed by atoms with Crippen LogP contribution in [0, 0.1) is 6.92 Å². The molecule has 0 bridgehead atoms. The number of hydrogen-bond acceptors (Lipinski definition) is 6. The largest absolute Gasteiger partial charge is 0.369 e. The molecule has 0 N–H and O–H groups in total. The van der Waals surface area contributed by atoms with Gasteiger partial charge in [0.2, 0.25) is 0 Å². The predicted molar refractivity (Wildman–Crippen MR) is 96.1 cm³/mol. The molecule has 1 saturated heterocycles. The lowest BCUT2D eigenvalue weighted by Gasteiger charge is -2.25. The Labute approximate surface area is 151 Å². The molecule has 136 valence electrons. The third-order valence-electron chi connectivity index (χ3n) is 4.92. The van der Waals surface area contributed by atoms with Crippen LogP contribution in [0.5, 0.6) is 0 Å². The monoisotopic (exact) mass is 354 g/mol. The van der Waals surface area contributed by atoms with Crippen LogP contribution in [0.3, 0.4) is 0 Å². The van der Waals surface area contributed by atoms with Crippen molar-refractivity contribution in [3.63, 3.8) is 0 Å². The Hall–Kier alpha value is -2.54. The Kier molecular flexibility index (Phi) is 3.56. The highest BCUT2D eigenvalue weighted by Gasteiger charge is 2.48. The Balaban J connectivity index is 1.75. The summed E-state index contributed by atoms with van der Waals surface area (Å²) in [6.45, 7) is 10.1. The van der Waals surface area contributed by atoms with Gasteiger partial charge in [-0.2, -0.15) is 4.98 Å². The molecule has 0 spiro atoms. The SMILES string of the molecule is Cc1ccn2c(=O)c(-c3nc(C4CC(C)(C)OC4(C)C)no3)cnc2c1. The van der Waals surface area contributed by atoms with Gasteiger partial charge in [0.15, 0.2) is 5.82 Å². The number of fused-ring (bicyclic) bond motifs is 1. The second-order valence-corrected chi connectivity index (χ2v) is 8.09. The van der Waals surface area contributed by atoms with Crippen LogP contribution in [0.15, 0.2) is 33.8 Å². The molecule has 1 fully saturated rings. The summed E-state index contributed by atoms with van der Waals surface area (Å²) in [5, 5.41) is 4.13. The van der Waals surface area contributed by atoms with Crippen molar-refractivity contribution < 1.29 is 9.26 Å². The van der Waals surface area contributed by atoms with Gasteiger partial charge in [0.1, 0.15) is 11.2 Å². The topological polar surface area (TPSA) is 82.5 Å². The Morgan fingerprint density at radius 3 is 2.73 bits per heavy atom. The van der Waals surface area contributed by atoms with Crippen molar-refractivity contribution in [2.45, 2.75) is 58.2 Å². The van der Waals surface area contributed by atoms with E-state index in [1.165, 1.54) is 10.6 Å². The van der Waals surface area contributed by atoms with Gasteiger partial charge in [-0.1, -0.05) is 5.16 Å². The summed E-state index contributed by atoms with van der Waals surface area (Å²) in [5.74, 6) is 0.741. The first-order chi connectivity index (χ1) is 12.2. The van der Waals surface area contributed by atoms with Gasteiger partial charge in [-0.05, 0) is 58.7 Å². The summed E-state index contributed by atoms with van der Waals surface area (Å²) in [4.78, 5) is 21.6. The van der Waals surface area contributed by atoms with Gasteiger partial charge in [0, 0.05) is 12.4 Å². The fraction of sp³-hybridized carbons (Fsp3) is 0.474. The lowest BCUT2D eigenvalue weighted by atomic mass is 9.87. The fourth-order valence-electron chi connectivity index (χ4n) is 3.77. The molecule has 0 aromatic carbocycles. The molecule has 1 atom stereocenters. The van der Waals surface area contributed by atoms with Crippen LogP contribution in [0.25, 0.3) is 17.1 Å². The molecule has 26 heavy (non-hydrogen) atoms. The van der Waals surface area contributed by atoms with E-state index in [4.69, 9.17) is 9.26 Å². The molecule has 0 amide bonds. The molecule has 1 aliphatic rings. The second-order valence-electron chi connectivity index (χ2n) is 8.09. The molecule has 3 aromatic heterocycles. The summed E-state index contributed by atoms with van der Waals surface area (Å²) in [6.07, 6.45) is 3.99. The standard InChI is InChI=1S/C19H22N4O3/c1-11-6-7-23-14(8-11)20-10-12(17(23)24)16-21-15(22-25-16)13-9-18(2,3)26-19(13,4)5/h6-8,10,13H,9H2,1-5H3. The van der Waals surface area contributed by atoms with Crippen molar-refractivity contribution in [2.75, 3.05) is 0 Å². The number of aromatic nitrogens is 4. The first kappa shape index (κ1) is 16.9. The van der Waals surface area contributed by atoms with E-state index in [-0.39, 0.29) is 23.0 Å². The van der Waals surface area contributed by atoms with Gasteiger partial charge in [0.25, 0.3) is 11.4 Å². The zero-order chi connectivity index (χ0) is 18.7. The van der Waals surface area contributed by atoms with Gasteiger partial charge in [-0.3, -0.25) is 9.20 Å². The minimum Gasteiger partial charge on any atom is -0.369 e. The van der Waals surface area contributed by atoms with E-state index in [9.17, 15) is 4.79 Å². The first-order valence-electron chi connectivity index (χ1n) is 8.68. The molecule has 7 nitrogen and oxygen atoms in total. The Morgan fingerprint density at radius 2 is 2.04 bits per heavy atom. The molecule has 1 aliphatic heterocycles. The maximum absolute atomic E-state index is 12.8. The lowest BCUT2D eigenvalue weighted by Crippen LogP contribution is -2.28. The number of ether oxygens (including phenoxy) is 1. The lowest BCUT2D eigenvalue weighted by molar-refractivity contribution is -0.0686. The molecule has 3 aromatic rings. The van der Waals surface area contributed by atoms with E-state index in [0.717, 1.165) is 12.0 Å². The third-order valence-corrected chi connectivity index (χ3v) is 4.92. The average Bonchev–Trinajstić information content (AvgIpc) is 3.08. The van der Waals surface area contributed by atoms with Crippen molar-refractivity contribution in [3.8, 4) is 11.5 Å². The molecule has 1 unspecified atom stereocenters. The molecule has 4 heterocycles. The van der Waals surface area contributed by atoms with Gasteiger partial charge in [0.05, 0.1) is 17.1 Å². The van der Waals surface area contributed by atoms with E-state index in [0.29, 0.717) is 17.0 Å². The zero-order valence-corrected chi connectivity index (χ0v) is 15.6. The van der Waals surface area contributed by atoms with E-state index < -0.39 is 5.60 Å². The third kappa shape index (κ3) is 2.72. The summed E-state index contributed by atoms with van der Waals surface area (Å²) < 4.78 is 13.0. The summed E-state index contributed by atoms with van der Waals surface area (Å²) in [7, 11) is 0. The zero-order valence-electron chi connectivity index (χ0n) is 15.6. The maximum Gasteiger partial charge on any atom is 0.270 e. The predicted octanol–water partition coefficient (Wildman–Crippen LogP) is 3.11. The minimum atomic E-state index is -0.404. The highest BCUT2D eigenvalue weighted by molar-refractivity contribution is 5.53. The number of pyridine rings is 1. The molecular weight excluding hydrogens is 332 g/mol. The van der Waals surface area contributed by atoms with E-state index >= 15 is 0 Å². The van der Waals surface area contributed by atoms with Crippen molar-refractivity contribution in [1.82, 2.24) is 19.5 Å². The molecule has 4 rings (SSSR count). The molecule has 0 saturated carbocycles. The quantitative estimate of drug-likeness (QED) is 0.703. The first-order valence-corrected chi connectivity index (χ1v) is 8.68. The van der Waals surface area contributed by atoms with Crippen molar-refractivity contribution in [3.05, 3.63) is 46.3 Å². The maximum atomic E-state index is 12.8. The normalized spacial score (nSPS) is 21.3. The van der Waals surface area contributed by atoms with Gasteiger partial charge in [-0.15, -0.1) is 0 Å². The van der Waals surface area contributed by atoms with Crippen LogP contribution in [0.4, 0.5) is 0 Å². The van der Waals surface area contributed by atoms with Crippen LogP contribution in [0.2, 0.25) is 0 Å². The van der Waals surface area contributed by atoms with Crippen molar-refractivity contribution >= 4 is 5.65 Å². The van der Waals surface area contributed by atoms with Crippen LogP contribution in [-0.4, -0.2) is 30.7 Å². The van der Waals surface area contributed by atoms with E-state index in [1.54, 1.807) is 6.20 Å². The highest BCUT2D eigenvalue weighted by Crippen LogP contribution is 2.46. The summed E-state index contributed by atoms with van der Waals surface area (Å²) >= 11 is 0. The van der Waals surface area contributed by atoms with E-state index in [1.807, 2.05) is 32.9 Å². The Morgan fingerprint density at radius 1 is 1.27 bits per heavy atom. The number of aryl methyl sites for hydroxylation is 1. The number of hydrogen-bond donors (Lipinski definition) is 0. The van der Waals surface area contributed by atoms with Crippen molar-refractivity contribution in [2.24, 2.45) is 0 Å². The van der Waals surface area contributed by atoms with Gasteiger partial charge < -0.3 is 9.26 Å². The minimum absolute atomic E-state index is 0.00572. The van der Waals surface area contributed by atoms with Crippen molar-refractivity contribution in [1.29, 1.82) is 0 Å². The smallest absolute Gasteiger partial charge is 0.270 e. The van der Waals surface area contributed by atoms with Crippen LogP contribution >= 0.6 is 0 Å². The Bertz CT molecular complexity index is 1050. The molecule has 0 radical (unpaired) electrons. The summed E-state index contributed by atoms with van der Waals surface area (Å²) in [5.41, 5.74) is 1.03. The molecule has 0 aliphatic carbocycles. The second kappa shape index (κ2) is 5.48. The average molecular weight is 354 g/mol. The van der Waals surface area contributed by atoms with Crippen LogP contribution in [0.1, 0.15) is 51.4 Å². The fourth-order valence-corrected chi connectivity index (χ4v) is 3.77. The summed E-state index contributed by atoms with van der Waals surface area (Å²) in [6, 6.07) is 3.71. The molecule has 7 heteroatoms. The van der Waals surface area contributed by atoms with E-state index in [2.05, 4.69) is 29.0 Å². The van der Waals surface area contributed by atoms with Crippen LogP contribution in [-0.2, 0) is 4.74 Å². The van der Waals surface area contributed by atoms with Gasteiger partial charge >= 0.3 is 0 Å². The van der Waals surface area contributed by atoms with Gasteiger partial charge in [-0.25, -0.2) is 4.98 Å². The van der Waals surface area contributed by atoms with Crippen LogP contribution < -0.4 is 5.56 Å². The highest BCUT2D eigenvalue weighted by atomic mass is 16.5. The number of nitrogens with zero attached hydrogens (tertiary/aromatic N) is 4. The molecular formula is C19H22N4O3. The number of rotatable bonds is 2.